The van der Waals surface area contributed by atoms with Gasteiger partial charge in [0.15, 0.2) is 0 Å². The minimum absolute atomic E-state index is 0.0781. The smallest absolute Gasteiger partial charge is 0.251 e. The predicted octanol–water partition coefficient (Wildman–Crippen LogP) is 3.62. The van der Waals surface area contributed by atoms with Crippen LogP contribution >= 0.6 is 0 Å². The van der Waals surface area contributed by atoms with Crippen LogP contribution in [-0.4, -0.2) is 41.3 Å². The van der Waals surface area contributed by atoms with Crippen molar-refractivity contribution in [3.05, 3.63) is 60.2 Å². The molecule has 0 aliphatic carbocycles. The third-order valence-electron chi connectivity index (χ3n) is 4.90. The summed E-state index contributed by atoms with van der Waals surface area (Å²) in [4.78, 5) is 12.3. The highest BCUT2D eigenvalue weighted by molar-refractivity contribution is 5.95. The molecule has 1 atom stereocenters. The van der Waals surface area contributed by atoms with Gasteiger partial charge in [0, 0.05) is 23.7 Å². The lowest BCUT2D eigenvalue weighted by Crippen LogP contribution is -2.30. The average molecular weight is 390 g/mol. The lowest BCUT2D eigenvalue weighted by atomic mass is 10.1. The second-order valence-corrected chi connectivity index (χ2v) is 7.63. The number of aromatic amines is 1. The van der Waals surface area contributed by atoms with E-state index in [1.54, 1.807) is 0 Å². The molecule has 1 saturated heterocycles. The van der Waals surface area contributed by atoms with Crippen molar-refractivity contribution in [1.29, 1.82) is 0 Å². The van der Waals surface area contributed by atoms with E-state index in [4.69, 9.17) is 4.74 Å². The Balaban J connectivity index is 1.49. The van der Waals surface area contributed by atoms with Crippen LogP contribution in [0, 0.1) is 0 Å². The molecule has 6 heteroatoms. The molecule has 6 nitrogen and oxygen atoms in total. The van der Waals surface area contributed by atoms with Crippen LogP contribution in [0.25, 0.3) is 22.5 Å². The van der Waals surface area contributed by atoms with E-state index in [0.29, 0.717) is 5.56 Å². The maximum atomic E-state index is 12.3. The van der Waals surface area contributed by atoms with Gasteiger partial charge in [-0.05, 0) is 74.8 Å². The van der Waals surface area contributed by atoms with E-state index < -0.39 is 0 Å². The molecule has 1 fully saturated rings. The molecule has 0 bridgehead atoms. The summed E-state index contributed by atoms with van der Waals surface area (Å²) in [7, 11) is 0. The fourth-order valence-corrected chi connectivity index (χ4v) is 3.42. The van der Waals surface area contributed by atoms with Crippen LogP contribution in [0.5, 0.6) is 5.75 Å². The first-order valence-electron chi connectivity index (χ1n) is 10.0. The highest BCUT2D eigenvalue weighted by Gasteiger charge is 2.16. The first-order chi connectivity index (χ1) is 14.1. The van der Waals surface area contributed by atoms with Gasteiger partial charge in [-0.25, -0.2) is 0 Å². The quantitative estimate of drug-likeness (QED) is 0.601. The van der Waals surface area contributed by atoms with E-state index in [1.165, 1.54) is 0 Å². The van der Waals surface area contributed by atoms with Gasteiger partial charge in [-0.3, -0.25) is 9.89 Å². The number of nitrogens with zero attached hydrogens (tertiary/aromatic N) is 1. The Morgan fingerprint density at radius 2 is 1.97 bits per heavy atom. The first kappa shape index (κ1) is 19.2. The highest BCUT2D eigenvalue weighted by Crippen LogP contribution is 2.26. The molecule has 1 aliphatic rings. The summed E-state index contributed by atoms with van der Waals surface area (Å²) in [6, 6.07) is 17.6. The fourth-order valence-electron chi connectivity index (χ4n) is 3.42. The number of carbonyl (C=O) groups excluding carboxylic acids is 1. The van der Waals surface area contributed by atoms with Gasteiger partial charge in [0.2, 0.25) is 0 Å². The number of hydrogen-bond acceptors (Lipinski definition) is 4. The molecular formula is C23H26N4O2. The van der Waals surface area contributed by atoms with Crippen molar-refractivity contribution in [3.8, 4) is 28.3 Å². The Morgan fingerprint density at radius 1 is 1.14 bits per heavy atom. The standard InChI is InChI=1S/C23H26N4O2/c1-15(2)25-23(28)18-5-3-4-17(12-18)22-13-21(26-27-22)16-6-8-19(9-7-16)29-20-10-11-24-14-20/h3-9,12-13,15,20,24H,10-11,14H2,1-2H3,(H,25,28)(H,26,27). The fraction of sp³-hybridized carbons (Fsp3) is 0.304. The summed E-state index contributed by atoms with van der Waals surface area (Å²) in [5.41, 5.74) is 4.29. The van der Waals surface area contributed by atoms with Gasteiger partial charge in [-0.1, -0.05) is 12.1 Å². The molecule has 0 radical (unpaired) electrons. The topological polar surface area (TPSA) is 79.0 Å². The van der Waals surface area contributed by atoms with E-state index in [9.17, 15) is 4.79 Å². The van der Waals surface area contributed by atoms with E-state index in [1.807, 2.05) is 68.4 Å². The molecule has 3 aromatic rings. The molecule has 2 aromatic carbocycles. The Bertz CT molecular complexity index is 973. The van der Waals surface area contributed by atoms with Crippen LogP contribution in [0.4, 0.5) is 0 Å². The SMILES string of the molecule is CC(C)NC(=O)c1cccc(-c2cc(-c3ccc(OC4CCNC4)cc3)[nH]n2)c1. The number of H-pyrrole nitrogens is 1. The van der Waals surface area contributed by atoms with Crippen LogP contribution in [0.1, 0.15) is 30.6 Å². The van der Waals surface area contributed by atoms with Gasteiger partial charge in [-0.15, -0.1) is 0 Å². The Hall–Kier alpha value is -3.12. The minimum atomic E-state index is -0.0781. The zero-order chi connectivity index (χ0) is 20.2. The molecule has 1 aromatic heterocycles. The molecule has 2 heterocycles. The van der Waals surface area contributed by atoms with Crippen molar-refractivity contribution in [2.24, 2.45) is 0 Å². The number of ether oxygens (including phenoxy) is 1. The summed E-state index contributed by atoms with van der Waals surface area (Å²) in [5.74, 6) is 0.803. The normalized spacial score (nSPS) is 16.2. The monoisotopic (exact) mass is 390 g/mol. The van der Waals surface area contributed by atoms with Crippen molar-refractivity contribution >= 4 is 5.91 Å². The summed E-state index contributed by atoms with van der Waals surface area (Å²) in [6.07, 6.45) is 1.29. The Labute approximate surface area is 170 Å². The molecule has 4 rings (SSSR count). The second kappa shape index (κ2) is 8.49. The lowest BCUT2D eigenvalue weighted by molar-refractivity contribution is 0.0943. The van der Waals surface area contributed by atoms with E-state index in [-0.39, 0.29) is 18.1 Å². The number of benzene rings is 2. The Kier molecular flexibility index (Phi) is 5.62. The molecular weight excluding hydrogens is 364 g/mol. The second-order valence-electron chi connectivity index (χ2n) is 7.63. The van der Waals surface area contributed by atoms with Gasteiger partial charge in [-0.2, -0.15) is 5.10 Å². The van der Waals surface area contributed by atoms with Crippen molar-refractivity contribution in [2.75, 3.05) is 13.1 Å². The van der Waals surface area contributed by atoms with Crippen molar-refractivity contribution in [2.45, 2.75) is 32.4 Å². The summed E-state index contributed by atoms with van der Waals surface area (Å²) >= 11 is 0. The zero-order valence-electron chi connectivity index (χ0n) is 16.7. The molecule has 150 valence electrons. The van der Waals surface area contributed by atoms with Gasteiger partial charge in [0.25, 0.3) is 5.91 Å². The predicted molar refractivity (Wildman–Crippen MR) is 114 cm³/mol. The van der Waals surface area contributed by atoms with E-state index in [2.05, 4.69) is 20.8 Å². The summed E-state index contributed by atoms with van der Waals surface area (Å²) in [6.45, 7) is 5.81. The number of hydrogen-bond donors (Lipinski definition) is 3. The number of rotatable bonds is 6. The van der Waals surface area contributed by atoms with Crippen LogP contribution in [-0.2, 0) is 0 Å². The lowest BCUT2D eigenvalue weighted by Gasteiger charge is -2.12. The van der Waals surface area contributed by atoms with Crippen molar-refractivity contribution in [3.63, 3.8) is 0 Å². The Morgan fingerprint density at radius 3 is 2.69 bits per heavy atom. The van der Waals surface area contributed by atoms with E-state index in [0.717, 1.165) is 47.8 Å². The van der Waals surface area contributed by atoms with Gasteiger partial charge in [0.1, 0.15) is 11.9 Å². The molecule has 29 heavy (non-hydrogen) atoms. The third kappa shape index (κ3) is 4.66. The summed E-state index contributed by atoms with van der Waals surface area (Å²) < 4.78 is 5.98. The van der Waals surface area contributed by atoms with Crippen molar-refractivity contribution < 1.29 is 9.53 Å². The van der Waals surface area contributed by atoms with Gasteiger partial charge >= 0.3 is 0 Å². The van der Waals surface area contributed by atoms with Crippen LogP contribution < -0.4 is 15.4 Å². The third-order valence-corrected chi connectivity index (χ3v) is 4.90. The van der Waals surface area contributed by atoms with Crippen LogP contribution in [0.3, 0.4) is 0 Å². The average Bonchev–Trinajstić information content (AvgIpc) is 3.40. The van der Waals surface area contributed by atoms with Gasteiger partial charge < -0.3 is 15.4 Å². The maximum Gasteiger partial charge on any atom is 0.251 e. The number of nitrogens with one attached hydrogen (secondary N) is 3. The molecule has 3 N–H and O–H groups in total. The number of carbonyl (C=O) groups is 1. The van der Waals surface area contributed by atoms with Crippen molar-refractivity contribution in [1.82, 2.24) is 20.8 Å². The van der Waals surface area contributed by atoms with Crippen LogP contribution in [0.2, 0.25) is 0 Å². The minimum Gasteiger partial charge on any atom is -0.489 e. The maximum absolute atomic E-state index is 12.3. The van der Waals surface area contributed by atoms with Crippen LogP contribution in [0.15, 0.2) is 54.6 Å². The number of aromatic nitrogens is 2. The summed E-state index contributed by atoms with van der Waals surface area (Å²) in [5, 5.41) is 13.7. The molecule has 1 aliphatic heterocycles. The largest absolute Gasteiger partial charge is 0.489 e. The molecule has 1 amide bonds. The number of amides is 1. The molecule has 0 spiro atoms. The molecule has 0 saturated carbocycles. The first-order valence-corrected chi connectivity index (χ1v) is 10.0. The molecule has 1 unspecified atom stereocenters. The zero-order valence-corrected chi connectivity index (χ0v) is 16.7. The van der Waals surface area contributed by atoms with Gasteiger partial charge in [0.05, 0.1) is 11.4 Å². The van der Waals surface area contributed by atoms with E-state index >= 15 is 0 Å². The highest BCUT2D eigenvalue weighted by atomic mass is 16.5.